The Balaban J connectivity index is 2.18. The maximum Gasteiger partial charge on any atom is 0.329 e. The molecule has 0 aliphatic rings. The van der Waals surface area contributed by atoms with Gasteiger partial charge in [0.2, 0.25) is 5.89 Å². The number of nitrogens with zero attached hydrogens (tertiary/aromatic N) is 2. The standard InChI is InChI=1S/C11H12IN3O3S/c1-2-3-10-13-14-11(18-10)15-19(16,17)9-6-4-8(12)5-7-9/h4-7H,2-3H2,1H3,(H,14,15). The highest BCUT2D eigenvalue weighted by Crippen LogP contribution is 2.16. The van der Waals surface area contributed by atoms with Gasteiger partial charge in [0, 0.05) is 9.99 Å². The molecule has 102 valence electrons. The molecule has 0 radical (unpaired) electrons. The van der Waals surface area contributed by atoms with Crippen LogP contribution in [-0.4, -0.2) is 18.6 Å². The summed E-state index contributed by atoms with van der Waals surface area (Å²) in [4.78, 5) is 0.156. The molecule has 2 aromatic rings. The second-order valence-corrected chi connectivity index (χ2v) is 6.74. The predicted octanol–water partition coefficient (Wildman–Crippen LogP) is 2.43. The molecular weight excluding hydrogens is 381 g/mol. The van der Waals surface area contributed by atoms with E-state index < -0.39 is 10.0 Å². The van der Waals surface area contributed by atoms with Crippen LogP contribution >= 0.6 is 22.6 Å². The van der Waals surface area contributed by atoms with Crippen molar-refractivity contribution >= 4 is 38.6 Å². The molecular formula is C11H12IN3O3S. The fraction of sp³-hybridized carbons (Fsp3) is 0.273. The zero-order chi connectivity index (χ0) is 13.9. The minimum Gasteiger partial charge on any atom is -0.407 e. The van der Waals surface area contributed by atoms with E-state index in [1.807, 2.05) is 6.92 Å². The Kier molecular flexibility index (Phi) is 4.40. The van der Waals surface area contributed by atoms with Crippen molar-refractivity contribution in [3.8, 4) is 0 Å². The summed E-state index contributed by atoms with van der Waals surface area (Å²) in [7, 11) is -3.68. The molecule has 1 aromatic heterocycles. The number of halogens is 1. The summed E-state index contributed by atoms with van der Waals surface area (Å²) in [6, 6.07) is 6.36. The monoisotopic (exact) mass is 393 g/mol. The minimum atomic E-state index is -3.68. The Morgan fingerprint density at radius 2 is 1.95 bits per heavy atom. The second-order valence-electron chi connectivity index (χ2n) is 3.81. The van der Waals surface area contributed by atoms with Crippen molar-refractivity contribution in [3.05, 3.63) is 33.7 Å². The molecule has 2 rings (SSSR count). The molecule has 0 saturated carbocycles. The SMILES string of the molecule is CCCc1nnc(NS(=O)(=O)c2ccc(I)cc2)o1. The Morgan fingerprint density at radius 3 is 2.58 bits per heavy atom. The predicted molar refractivity (Wildman–Crippen MR) is 78.3 cm³/mol. The van der Waals surface area contributed by atoms with Crippen LogP contribution in [0.25, 0.3) is 0 Å². The average Bonchev–Trinajstić information content (AvgIpc) is 2.77. The topological polar surface area (TPSA) is 85.1 Å². The van der Waals surface area contributed by atoms with E-state index in [-0.39, 0.29) is 10.9 Å². The highest BCUT2D eigenvalue weighted by Gasteiger charge is 2.17. The molecule has 0 saturated heterocycles. The molecule has 0 aliphatic heterocycles. The summed E-state index contributed by atoms with van der Waals surface area (Å²) in [5, 5.41) is 7.41. The van der Waals surface area contributed by atoms with Crippen molar-refractivity contribution in [2.24, 2.45) is 0 Å². The molecule has 1 heterocycles. The number of hydrogen-bond donors (Lipinski definition) is 1. The number of sulfonamides is 1. The summed E-state index contributed by atoms with van der Waals surface area (Å²) in [6.07, 6.45) is 1.48. The molecule has 0 fully saturated rings. The number of rotatable bonds is 5. The van der Waals surface area contributed by atoms with Gasteiger partial charge in [-0.25, -0.2) is 13.1 Å². The lowest BCUT2D eigenvalue weighted by Gasteiger charge is -2.03. The molecule has 0 amide bonds. The van der Waals surface area contributed by atoms with Crippen LogP contribution in [0.15, 0.2) is 33.6 Å². The molecule has 8 heteroatoms. The first-order chi connectivity index (χ1) is 9.01. The van der Waals surface area contributed by atoms with Gasteiger partial charge in [-0.3, -0.25) is 0 Å². The first kappa shape index (κ1) is 14.3. The van der Waals surface area contributed by atoms with E-state index in [1.165, 1.54) is 12.1 Å². The lowest BCUT2D eigenvalue weighted by molar-refractivity contribution is 0.504. The number of nitrogens with one attached hydrogen (secondary N) is 1. The van der Waals surface area contributed by atoms with Gasteiger partial charge >= 0.3 is 6.01 Å². The molecule has 19 heavy (non-hydrogen) atoms. The van der Waals surface area contributed by atoms with Gasteiger partial charge in [0.05, 0.1) is 4.90 Å². The Morgan fingerprint density at radius 1 is 1.26 bits per heavy atom. The van der Waals surface area contributed by atoms with Gasteiger partial charge in [-0.2, -0.15) is 0 Å². The molecule has 1 aromatic carbocycles. The Bertz CT molecular complexity index is 652. The third-order valence-corrected chi connectivity index (χ3v) is 4.33. The smallest absolute Gasteiger partial charge is 0.329 e. The van der Waals surface area contributed by atoms with Crippen LogP contribution in [0.2, 0.25) is 0 Å². The van der Waals surface area contributed by atoms with Crippen LogP contribution < -0.4 is 4.72 Å². The van der Waals surface area contributed by atoms with E-state index >= 15 is 0 Å². The molecule has 0 atom stereocenters. The van der Waals surface area contributed by atoms with Crippen LogP contribution in [0.5, 0.6) is 0 Å². The summed E-state index contributed by atoms with van der Waals surface area (Å²) in [5.74, 6) is 0.419. The zero-order valence-corrected chi connectivity index (χ0v) is 13.1. The van der Waals surface area contributed by atoms with Crippen LogP contribution in [0, 0.1) is 3.57 Å². The summed E-state index contributed by atoms with van der Waals surface area (Å²) in [6.45, 7) is 1.97. The van der Waals surface area contributed by atoms with Crippen molar-refractivity contribution in [2.75, 3.05) is 4.72 Å². The van der Waals surface area contributed by atoms with E-state index in [0.29, 0.717) is 12.3 Å². The fourth-order valence-electron chi connectivity index (χ4n) is 1.40. The Labute approximate surface area is 124 Å². The van der Waals surface area contributed by atoms with Gasteiger partial charge in [-0.1, -0.05) is 12.0 Å². The average molecular weight is 393 g/mol. The maximum atomic E-state index is 12.0. The molecule has 6 nitrogen and oxygen atoms in total. The van der Waals surface area contributed by atoms with Crippen molar-refractivity contribution < 1.29 is 12.8 Å². The van der Waals surface area contributed by atoms with Gasteiger partial charge in [0.25, 0.3) is 10.0 Å². The third-order valence-electron chi connectivity index (χ3n) is 2.28. The summed E-state index contributed by atoms with van der Waals surface area (Å²) < 4.78 is 32.5. The summed E-state index contributed by atoms with van der Waals surface area (Å²) >= 11 is 2.10. The minimum absolute atomic E-state index is 0.109. The number of aryl methyl sites for hydroxylation is 1. The first-order valence-corrected chi connectivity index (χ1v) is 8.18. The van der Waals surface area contributed by atoms with E-state index in [0.717, 1.165) is 9.99 Å². The maximum absolute atomic E-state index is 12.0. The molecule has 0 bridgehead atoms. The van der Waals surface area contributed by atoms with Crippen molar-refractivity contribution in [3.63, 3.8) is 0 Å². The van der Waals surface area contributed by atoms with E-state index in [9.17, 15) is 8.42 Å². The number of hydrogen-bond acceptors (Lipinski definition) is 5. The van der Waals surface area contributed by atoms with Gasteiger partial charge in [0.15, 0.2) is 0 Å². The molecule has 0 unspecified atom stereocenters. The van der Waals surface area contributed by atoms with E-state index in [4.69, 9.17) is 4.42 Å². The fourth-order valence-corrected chi connectivity index (χ4v) is 2.68. The van der Waals surface area contributed by atoms with Crippen LogP contribution in [0.1, 0.15) is 19.2 Å². The molecule has 0 spiro atoms. The number of aromatic nitrogens is 2. The highest BCUT2D eigenvalue weighted by molar-refractivity contribution is 14.1. The van der Waals surface area contributed by atoms with Gasteiger partial charge in [0.1, 0.15) is 0 Å². The van der Waals surface area contributed by atoms with E-state index in [2.05, 4.69) is 37.5 Å². The number of benzene rings is 1. The summed E-state index contributed by atoms with van der Waals surface area (Å²) in [5.41, 5.74) is 0. The van der Waals surface area contributed by atoms with E-state index in [1.54, 1.807) is 12.1 Å². The Hall–Kier alpha value is -1.16. The van der Waals surface area contributed by atoms with Crippen LogP contribution in [0.3, 0.4) is 0 Å². The number of anilines is 1. The largest absolute Gasteiger partial charge is 0.407 e. The molecule has 1 N–H and O–H groups in total. The normalized spacial score (nSPS) is 11.5. The van der Waals surface area contributed by atoms with Crippen molar-refractivity contribution in [2.45, 2.75) is 24.7 Å². The lowest BCUT2D eigenvalue weighted by atomic mass is 10.3. The first-order valence-electron chi connectivity index (χ1n) is 5.62. The van der Waals surface area contributed by atoms with Crippen molar-refractivity contribution in [1.82, 2.24) is 10.2 Å². The third kappa shape index (κ3) is 3.66. The second kappa shape index (κ2) is 5.87. The lowest BCUT2D eigenvalue weighted by Crippen LogP contribution is -2.13. The van der Waals surface area contributed by atoms with Gasteiger partial charge < -0.3 is 4.42 Å². The zero-order valence-electron chi connectivity index (χ0n) is 10.1. The van der Waals surface area contributed by atoms with Crippen LogP contribution in [-0.2, 0) is 16.4 Å². The quantitative estimate of drug-likeness (QED) is 0.789. The van der Waals surface area contributed by atoms with Crippen LogP contribution in [0.4, 0.5) is 6.01 Å². The van der Waals surface area contributed by atoms with Gasteiger partial charge in [-0.05, 0) is 53.3 Å². The van der Waals surface area contributed by atoms with Crippen molar-refractivity contribution in [1.29, 1.82) is 0 Å². The van der Waals surface area contributed by atoms with Gasteiger partial charge in [-0.15, -0.1) is 5.10 Å². The molecule has 0 aliphatic carbocycles. The highest BCUT2D eigenvalue weighted by atomic mass is 127.